The molecule has 0 saturated carbocycles. The van der Waals surface area contributed by atoms with Crippen molar-refractivity contribution in [3.05, 3.63) is 52.5 Å². The Balaban J connectivity index is 1.87. The quantitative estimate of drug-likeness (QED) is 0.693. The molecule has 1 heterocycles. The molecule has 1 unspecified atom stereocenters. The zero-order valence-electron chi connectivity index (χ0n) is 17.1. The first-order chi connectivity index (χ1) is 14.3. The van der Waals surface area contributed by atoms with E-state index in [1.54, 1.807) is 39.3 Å². The molecule has 2 aromatic rings. The molecule has 162 valence electrons. The third-order valence-electron chi connectivity index (χ3n) is 5.14. The Morgan fingerprint density at radius 3 is 2.43 bits per heavy atom. The van der Waals surface area contributed by atoms with Gasteiger partial charge in [-0.05, 0) is 56.2 Å². The van der Waals surface area contributed by atoms with Gasteiger partial charge in [-0.1, -0.05) is 11.6 Å². The molecule has 1 saturated heterocycles. The molecule has 0 radical (unpaired) electrons. The lowest BCUT2D eigenvalue weighted by Gasteiger charge is -2.19. The Hall–Kier alpha value is -2.29. The van der Waals surface area contributed by atoms with Gasteiger partial charge in [0, 0.05) is 18.7 Å². The maximum absolute atomic E-state index is 12.9. The van der Waals surface area contributed by atoms with Gasteiger partial charge in [0.2, 0.25) is 10.0 Å². The van der Waals surface area contributed by atoms with Crippen LogP contribution in [0.2, 0.25) is 5.02 Å². The normalized spacial score (nSPS) is 15.6. The number of hydrogen-bond acceptors (Lipinski definition) is 5. The molecule has 9 heteroatoms. The SMILES string of the molecule is COc1ccc(OC)c(C(C)NC(=O)c2cc(S(=O)(=O)N3CCCC3)ccc2Cl)c1. The lowest BCUT2D eigenvalue weighted by Crippen LogP contribution is -2.29. The average molecular weight is 453 g/mol. The summed E-state index contributed by atoms with van der Waals surface area (Å²) >= 11 is 6.22. The number of ether oxygens (including phenoxy) is 2. The number of nitrogens with zero attached hydrogens (tertiary/aromatic N) is 1. The van der Waals surface area contributed by atoms with Crippen molar-refractivity contribution in [1.29, 1.82) is 0 Å². The predicted molar refractivity (Wildman–Crippen MR) is 115 cm³/mol. The molecule has 7 nitrogen and oxygen atoms in total. The van der Waals surface area contributed by atoms with Crippen LogP contribution in [0, 0.1) is 0 Å². The van der Waals surface area contributed by atoms with Crippen LogP contribution in [-0.4, -0.2) is 45.9 Å². The number of benzene rings is 2. The smallest absolute Gasteiger partial charge is 0.253 e. The van der Waals surface area contributed by atoms with E-state index in [9.17, 15) is 13.2 Å². The van der Waals surface area contributed by atoms with Crippen LogP contribution in [0.25, 0.3) is 0 Å². The van der Waals surface area contributed by atoms with Crippen molar-refractivity contribution in [2.24, 2.45) is 0 Å². The van der Waals surface area contributed by atoms with Crippen LogP contribution in [0.5, 0.6) is 11.5 Å². The zero-order chi connectivity index (χ0) is 21.9. The average Bonchev–Trinajstić information content (AvgIpc) is 3.29. The summed E-state index contributed by atoms with van der Waals surface area (Å²) in [5, 5.41) is 3.04. The lowest BCUT2D eigenvalue weighted by atomic mass is 10.1. The Morgan fingerprint density at radius 2 is 1.80 bits per heavy atom. The first kappa shape index (κ1) is 22.4. The van der Waals surface area contributed by atoms with E-state index in [0.717, 1.165) is 18.4 Å². The topological polar surface area (TPSA) is 84.9 Å². The van der Waals surface area contributed by atoms with Gasteiger partial charge in [-0.25, -0.2) is 8.42 Å². The van der Waals surface area contributed by atoms with Crippen LogP contribution < -0.4 is 14.8 Å². The molecular formula is C21H25ClN2O5S. The standard InChI is InChI=1S/C21H25ClN2O5S/c1-14(17-12-15(28-2)6-9-20(17)29-3)23-21(25)18-13-16(7-8-19(18)22)30(26,27)24-10-4-5-11-24/h6-9,12-14H,4-5,10-11H2,1-3H3,(H,23,25). The summed E-state index contributed by atoms with van der Waals surface area (Å²) < 4.78 is 37.7. The highest BCUT2D eigenvalue weighted by Crippen LogP contribution is 2.30. The van der Waals surface area contributed by atoms with Gasteiger partial charge < -0.3 is 14.8 Å². The first-order valence-corrected chi connectivity index (χ1v) is 11.4. The fourth-order valence-corrected chi connectivity index (χ4v) is 5.19. The van der Waals surface area contributed by atoms with Crippen molar-refractivity contribution >= 4 is 27.5 Å². The minimum Gasteiger partial charge on any atom is -0.497 e. The van der Waals surface area contributed by atoms with Crippen LogP contribution in [0.1, 0.15) is 41.7 Å². The fourth-order valence-electron chi connectivity index (χ4n) is 3.45. The number of rotatable bonds is 7. The van der Waals surface area contributed by atoms with Gasteiger partial charge in [0.25, 0.3) is 5.91 Å². The zero-order valence-corrected chi connectivity index (χ0v) is 18.7. The summed E-state index contributed by atoms with van der Waals surface area (Å²) in [6, 6.07) is 9.07. The third-order valence-corrected chi connectivity index (χ3v) is 7.36. The number of sulfonamides is 1. The van der Waals surface area contributed by atoms with Crippen molar-refractivity contribution in [3.8, 4) is 11.5 Å². The summed E-state index contributed by atoms with van der Waals surface area (Å²) in [6.45, 7) is 2.77. The molecule has 0 aliphatic carbocycles. The molecule has 1 fully saturated rings. The van der Waals surface area contributed by atoms with Gasteiger partial charge in [-0.15, -0.1) is 0 Å². The van der Waals surface area contributed by atoms with Gasteiger partial charge in [-0.3, -0.25) is 4.79 Å². The molecule has 1 amide bonds. The molecule has 3 rings (SSSR count). The van der Waals surface area contributed by atoms with Crippen LogP contribution >= 0.6 is 11.6 Å². The van der Waals surface area contributed by atoms with Gasteiger partial charge >= 0.3 is 0 Å². The van der Waals surface area contributed by atoms with E-state index in [2.05, 4.69) is 5.32 Å². The summed E-state index contributed by atoms with van der Waals surface area (Å²) in [4.78, 5) is 13.0. The number of nitrogens with one attached hydrogen (secondary N) is 1. The number of carbonyl (C=O) groups is 1. The Bertz CT molecular complexity index is 1040. The van der Waals surface area contributed by atoms with Crippen molar-refractivity contribution in [3.63, 3.8) is 0 Å². The first-order valence-electron chi connectivity index (χ1n) is 9.60. The summed E-state index contributed by atoms with van der Waals surface area (Å²) in [5.41, 5.74) is 0.827. The van der Waals surface area contributed by atoms with E-state index in [1.165, 1.54) is 22.5 Å². The van der Waals surface area contributed by atoms with Crippen molar-refractivity contribution in [2.45, 2.75) is 30.7 Å². The molecule has 2 aromatic carbocycles. The molecule has 30 heavy (non-hydrogen) atoms. The van der Waals surface area contributed by atoms with Gasteiger partial charge in [0.1, 0.15) is 11.5 Å². The molecule has 0 bridgehead atoms. The molecule has 1 aliphatic rings. The minimum atomic E-state index is -3.65. The second-order valence-corrected chi connectivity index (χ2v) is 9.40. The second-order valence-electron chi connectivity index (χ2n) is 7.06. The van der Waals surface area contributed by atoms with Gasteiger partial charge in [0.05, 0.1) is 35.7 Å². The fraction of sp³-hybridized carbons (Fsp3) is 0.381. The summed E-state index contributed by atoms with van der Waals surface area (Å²) in [5.74, 6) is 0.750. The molecule has 1 N–H and O–H groups in total. The molecule has 1 atom stereocenters. The molecule has 0 spiro atoms. The summed E-state index contributed by atoms with van der Waals surface area (Å²) in [7, 11) is -0.552. The second kappa shape index (κ2) is 9.24. The van der Waals surface area contributed by atoms with E-state index in [-0.39, 0.29) is 15.5 Å². The van der Waals surface area contributed by atoms with E-state index in [1.807, 2.05) is 0 Å². The Labute approximate surface area is 182 Å². The number of halogens is 1. The van der Waals surface area contributed by atoms with Crippen molar-refractivity contribution in [2.75, 3.05) is 27.3 Å². The molecular weight excluding hydrogens is 428 g/mol. The largest absolute Gasteiger partial charge is 0.497 e. The van der Waals surface area contributed by atoms with Gasteiger partial charge in [0.15, 0.2) is 0 Å². The van der Waals surface area contributed by atoms with Crippen LogP contribution in [0.4, 0.5) is 0 Å². The number of methoxy groups -OCH3 is 2. The monoisotopic (exact) mass is 452 g/mol. The Morgan fingerprint density at radius 1 is 1.10 bits per heavy atom. The number of carbonyl (C=O) groups excluding carboxylic acids is 1. The highest BCUT2D eigenvalue weighted by molar-refractivity contribution is 7.89. The van der Waals surface area contributed by atoms with E-state index in [0.29, 0.717) is 24.6 Å². The maximum Gasteiger partial charge on any atom is 0.253 e. The Kier molecular flexibility index (Phi) is 6.90. The highest BCUT2D eigenvalue weighted by atomic mass is 35.5. The third kappa shape index (κ3) is 4.55. The van der Waals surface area contributed by atoms with Crippen LogP contribution in [0.3, 0.4) is 0 Å². The van der Waals surface area contributed by atoms with Crippen LogP contribution in [0.15, 0.2) is 41.3 Å². The highest BCUT2D eigenvalue weighted by Gasteiger charge is 2.28. The summed E-state index contributed by atoms with van der Waals surface area (Å²) in [6.07, 6.45) is 1.67. The van der Waals surface area contributed by atoms with Gasteiger partial charge in [-0.2, -0.15) is 4.31 Å². The van der Waals surface area contributed by atoms with Crippen molar-refractivity contribution in [1.82, 2.24) is 9.62 Å². The van der Waals surface area contributed by atoms with E-state index in [4.69, 9.17) is 21.1 Å². The van der Waals surface area contributed by atoms with Crippen LogP contribution in [-0.2, 0) is 10.0 Å². The minimum absolute atomic E-state index is 0.0607. The molecule has 0 aromatic heterocycles. The number of hydrogen-bond donors (Lipinski definition) is 1. The predicted octanol–water partition coefficient (Wildman–Crippen LogP) is 3.63. The van der Waals surface area contributed by atoms with Crippen molar-refractivity contribution < 1.29 is 22.7 Å². The lowest BCUT2D eigenvalue weighted by molar-refractivity contribution is 0.0939. The molecule has 1 aliphatic heterocycles. The van der Waals surface area contributed by atoms with E-state index < -0.39 is 22.0 Å². The number of amides is 1. The van der Waals surface area contributed by atoms with E-state index >= 15 is 0 Å². The maximum atomic E-state index is 12.9.